The van der Waals surface area contributed by atoms with E-state index in [1.807, 2.05) is 0 Å². The van der Waals surface area contributed by atoms with Crippen molar-refractivity contribution >= 4 is 29.9 Å². The molecule has 5 nitrogen and oxygen atoms in total. The van der Waals surface area contributed by atoms with E-state index in [1.165, 1.54) is 12.8 Å². The minimum Gasteiger partial charge on any atom is -0.357 e. The fourth-order valence-corrected chi connectivity index (χ4v) is 3.12. The lowest BCUT2D eigenvalue weighted by molar-refractivity contribution is 0.173. The first kappa shape index (κ1) is 24.9. The molecule has 0 bridgehead atoms. The summed E-state index contributed by atoms with van der Waals surface area (Å²) in [6, 6.07) is 2.51. The Hall–Kier alpha value is -0.0800. The van der Waals surface area contributed by atoms with Crippen molar-refractivity contribution in [2.45, 2.75) is 85.0 Å². The summed E-state index contributed by atoms with van der Waals surface area (Å²) in [5, 5.41) is 6.85. The van der Waals surface area contributed by atoms with Crippen molar-refractivity contribution in [3.05, 3.63) is 0 Å². The second kappa shape index (κ2) is 13.1. The van der Waals surface area contributed by atoms with Crippen molar-refractivity contribution in [3.63, 3.8) is 0 Å². The van der Waals surface area contributed by atoms with Crippen molar-refractivity contribution in [1.82, 2.24) is 20.4 Å². The molecule has 0 aliphatic heterocycles. The van der Waals surface area contributed by atoms with E-state index in [0.29, 0.717) is 18.1 Å². The van der Waals surface area contributed by atoms with Gasteiger partial charge >= 0.3 is 0 Å². The number of hydrogen-bond acceptors (Lipinski definition) is 3. The van der Waals surface area contributed by atoms with Gasteiger partial charge in [0.1, 0.15) is 0 Å². The molecule has 0 aromatic carbocycles. The third kappa shape index (κ3) is 9.99. The molecule has 2 N–H and O–H groups in total. The summed E-state index contributed by atoms with van der Waals surface area (Å²) in [5.41, 5.74) is 0. The van der Waals surface area contributed by atoms with Gasteiger partial charge < -0.3 is 10.6 Å². The Labute approximate surface area is 173 Å². The molecule has 1 fully saturated rings. The summed E-state index contributed by atoms with van der Waals surface area (Å²) in [6.45, 7) is 17.3. The van der Waals surface area contributed by atoms with E-state index < -0.39 is 0 Å². The van der Waals surface area contributed by atoms with E-state index in [1.54, 1.807) is 0 Å². The molecule has 1 atom stereocenters. The maximum atomic E-state index is 4.77. The second-order valence-corrected chi connectivity index (χ2v) is 7.67. The molecular weight excluding hydrogens is 425 g/mol. The molecule has 1 rings (SSSR count). The van der Waals surface area contributed by atoms with Gasteiger partial charge in [-0.15, -0.1) is 24.0 Å². The van der Waals surface area contributed by atoms with E-state index in [4.69, 9.17) is 4.99 Å². The molecule has 1 aliphatic rings. The first-order valence-electron chi connectivity index (χ1n) is 9.86. The molecule has 0 spiro atoms. The van der Waals surface area contributed by atoms with Crippen LogP contribution in [-0.4, -0.2) is 73.2 Å². The van der Waals surface area contributed by atoms with E-state index in [0.717, 1.165) is 44.6 Å². The lowest BCUT2D eigenvalue weighted by Crippen LogP contribution is -2.42. The third-order valence-electron chi connectivity index (χ3n) is 4.89. The number of nitrogens with zero attached hydrogens (tertiary/aromatic N) is 3. The van der Waals surface area contributed by atoms with Gasteiger partial charge in [-0.25, -0.2) is 0 Å². The lowest BCUT2D eigenvalue weighted by Gasteiger charge is -2.30. The standard InChI is InChI=1S/C19H41N5.HI/c1-8-20-19(22-14-17(6)23(7)18-10-11-18)21-12-9-13-24(15(2)3)16(4)5;/h15-18H,8-14H2,1-7H3,(H2,20,21,22);1H. The minimum absolute atomic E-state index is 0. The zero-order chi connectivity index (χ0) is 18.1. The van der Waals surface area contributed by atoms with Crippen LogP contribution >= 0.6 is 24.0 Å². The van der Waals surface area contributed by atoms with Crippen LogP contribution in [0.15, 0.2) is 4.99 Å². The average molecular weight is 467 g/mol. The highest BCUT2D eigenvalue weighted by Gasteiger charge is 2.28. The molecule has 1 unspecified atom stereocenters. The van der Waals surface area contributed by atoms with Crippen molar-refractivity contribution in [3.8, 4) is 0 Å². The normalized spacial score (nSPS) is 16.5. The van der Waals surface area contributed by atoms with E-state index in [2.05, 4.69) is 69.0 Å². The molecule has 1 aliphatic carbocycles. The Morgan fingerprint density at radius 3 is 2.16 bits per heavy atom. The molecule has 0 aromatic rings. The van der Waals surface area contributed by atoms with Gasteiger partial charge in [0, 0.05) is 43.8 Å². The number of nitrogens with one attached hydrogen (secondary N) is 2. The smallest absolute Gasteiger partial charge is 0.191 e. The van der Waals surface area contributed by atoms with Gasteiger partial charge in [0.2, 0.25) is 0 Å². The van der Waals surface area contributed by atoms with Gasteiger partial charge in [0.05, 0.1) is 6.54 Å². The summed E-state index contributed by atoms with van der Waals surface area (Å²) >= 11 is 0. The SMILES string of the molecule is CCNC(=NCC(C)N(C)C1CC1)NCCCN(C(C)C)C(C)C.I. The zero-order valence-corrected chi connectivity index (χ0v) is 19.8. The zero-order valence-electron chi connectivity index (χ0n) is 17.5. The van der Waals surface area contributed by atoms with Gasteiger partial charge in [-0.1, -0.05) is 0 Å². The number of halogens is 1. The summed E-state index contributed by atoms with van der Waals surface area (Å²) in [6.07, 6.45) is 3.84. The highest BCUT2D eigenvalue weighted by molar-refractivity contribution is 14.0. The van der Waals surface area contributed by atoms with Gasteiger partial charge in [0.25, 0.3) is 0 Å². The van der Waals surface area contributed by atoms with Crippen LogP contribution in [0.2, 0.25) is 0 Å². The van der Waals surface area contributed by atoms with Gasteiger partial charge in [0.15, 0.2) is 5.96 Å². The third-order valence-corrected chi connectivity index (χ3v) is 4.89. The molecule has 0 saturated heterocycles. The predicted molar refractivity (Wildman–Crippen MR) is 121 cm³/mol. The Kier molecular flexibility index (Phi) is 13.1. The van der Waals surface area contributed by atoms with E-state index >= 15 is 0 Å². The second-order valence-electron chi connectivity index (χ2n) is 7.67. The minimum atomic E-state index is 0. The first-order chi connectivity index (χ1) is 11.4. The molecule has 0 heterocycles. The van der Waals surface area contributed by atoms with Crippen molar-refractivity contribution in [2.24, 2.45) is 4.99 Å². The molecule has 0 aromatic heterocycles. The van der Waals surface area contributed by atoms with Crippen molar-refractivity contribution in [1.29, 1.82) is 0 Å². The molecule has 0 amide bonds. The topological polar surface area (TPSA) is 42.9 Å². The molecule has 150 valence electrons. The Balaban J connectivity index is 0.00000576. The number of rotatable bonds is 11. The monoisotopic (exact) mass is 467 g/mol. The van der Waals surface area contributed by atoms with Crippen LogP contribution in [0.5, 0.6) is 0 Å². The number of aliphatic imine (C=N–C) groups is 1. The molecule has 0 radical (unpaired) electrons. The van der Waals surface area contributed by atoms with Crippen LogP contribution < -0.4 is 10.6 Å². The summed E-state index contributed by atoms with van der Waals surface area (Å²) < 4.78 is 0. The fraction of sp³-hybridized carbons (Fsp3) is 0.947. The van der Waals surface area contributed by atoms with Crippen LogP contribution in [0.4, 0.5) is 0 Å². The highest BCUT2D eigenvalue weighted by atomic mass is 127. The number of likely N-dealkylation sites (N-methyl/N-ethyl adjacent to an activating group) is 1. The number of hydrogen-bond donors (Lipinski definition) is 2. The molecule has 6 heteroatoms. The van der Waals surface area contributed by atoms with Crippen molar-refractivity contribution in [2.75, 3.05) is 33.2 Å². The average Bonchev–Trinajstić information content (AvgIpc) is 3.35. The van der Waals surface area contributed by atoms with Crippen LogP contribution in [0.25, 0.3) is 0 Å². The molecule has 1 saturated carbocycles. The van der Waals surface area contributed by atoms with Gasteiger partial charge in [-0.3, -0.25) is 14.8 Å². The predicted octanol–water partition coefficient (Wildman–Crippen LogP) is 3.15. The maximum Gasteiger partial charge on any atom is 0.191 e. The number of guanidine groups is 1. The summed E-state index contributed by atoms with van der Waals surface area (Å²) in [4.78, 5) is 9.78. The van der Waals surface area contributed by atoms with Crippen LogP contribution in [0, 0.1) is 0 Å². The first-order valence-corrected chi connectivity index (χ1v) is 9.86. The van der Waals surface area contributed by atoms with Crippen LogP contribution in [-0.2, 0) is 0 Å². The molecular formula is C19H42IN5. The Morgan fingerprint density at radius 2 is 1.68 bits per heavy atom. The van der Waals surface area contributed by atoms with Gasteiger partial charge in [-0.2, -0.15) is 0 Å². The Morgan fingerprint density at radius 1 is 1.08 bits per heavy atom. The maximum absolute atomic E-state index is 4.77. The Bertz CT molecular complexity index is 361. The van der Waals surface area contributed by atoms with E-state index in [9.17, 15) is 0 Å². The van der Waals surface area contributed by atoms with Crippen molar-refractivity contribution < 1.29 is 0 Å². The fourth-order valence-electron chi connectivity index (χ4n) is 3.12. The summed E-state index contributed by atoms with van der Waals surface area (Å²) in [7, 11) is 2.23. The quantitative estimate of drug-likeness (QED) is 0.212. The summed E-state index contributed by atoms with van der Waals surface area (Å²) in [5.74, 6) is 0.953. The van der Waals surface area contributed by atoms with Crippen LogP contribution in [0.3, 0.4) is 0 Å². The van der Waals surface area contributed by atoms with E-state index in [-0.39, 0.29) is 24.0 Å². The van der Waals surface area contributed by atoms with Gasteiger partial charge in [-0.05, 0) is 67.9 Å². The molecule has 25 heavy (non-hydrogen) atoms. The van der Waals surface area contributed by atoms with Crippen LogP contribution in [0.1, 0.15) is 60.8 Å². The largest absolute Gasteiger partial charge is 0.357 e. The lowest BCUT2D eigenvalue weighted by atomic mass is 10.2. The highest BCUT2D eigenvalue weighted by Crippen LogP contribution is 2.26.